The first-order chi connectivity index (χ1) is 4.31. The van der Waals surface area contributed by atoms with E-state index in [9.17, 15) is 0 Å². The molecule has 0 aromatic rings. The van der Waals surface area contributed by atoms with Gasteiger partial charge < -0.3 is 15.2 Å². The third-order valence-corrected chi connectivity index (χ3v) is 0.985. The Balaban J connectivity index is 2.95. The van der Waals surface area contributed by atoms with Gasteiger partial charge in [-0.15, -0.1) is 0 Å². The van der Waals surface area contributed by atoms with Gasteiger partial charge in [-0.3, -0.25) is 0 Å². The van der Waals surface area contributed by atoms with Crippen LogP contribution in [0.4, 0.5) is 0 Å². The van der Waals surface area contributed by atoms with Gasteiger partial charge in [0.2, 0.25) is 0 Å². The van der Waals surface area contributed by atoms with Crippen molar-refractivity contribution in [3.63, 3.8) is 0 Å². The lowest BCUT2D eigenvalue weighted by molar-refractivity contribution is 0.0405. The van der Waals surface area contributed by atoms with Crippen LogP contribution < -0.4 is 5.32 Å². The van der Waals surface area contributed by atoms with E-state index >= 15 is 0 Å². The zero-order valence-electron chi connectivity index (χ0n) is 6.05. The molecule has 2 N–H and O–H groups in total. The summed E-state index contributed by atoms with van der Waals surface area (Å²) in [6.45, 7) is 3.34. The Morgan fingerprint density at radius 2 is 2.33 bits per heavy atom. The molecule has 0 saturated heterocycles. The molecule has 0 aliphatic rings. The zero-order chi connectivity index (χ0) is 7.11. The third-order valence-electron chi connectivity index (χ3n) is 0.985. The first-order valence-electron chi connectivity index (χ1n) is 3.18. The Kier molecular flexibility index (Phi) is 5.93. The van der Waals surface area contributed by atoms with Gasteiger partial charge in [-0.1, -0.05) is 0 Å². The first-order valence-corrected chi connectivity index (χ1v) is 3.18. The van der Waals surface area contributed by atoms with E-state index in [0.29, 0.717) is 6.61 Å². The molecule has 0 radical (unpaired) electrons. The van der Waals surface area contributed by atoms with Crippen molar-refractivity contribution in [3.8, 4) is 0 Å². The molecular weight excluding hydrogens is 118 g/mol. The summed E-state index contributed by atoms with van der Waals surface area (Å²) in [7, 11) is 1.87. The second-order valence-electron chi connectivity index (χ2n) is 1.96. The Labute approximate surface area is 56.0 Å². The number of hydrogen-bond donors (Lipinski definition) is 2. The highest BCUT2D eigenvalue weighted by molar-refractivity contribution is 4.50. The van der Waals surface area contributed by atoms with E-state index in [1.165, 1.54) is 0 Å². The molecule has 0 fully saturated rings. The second-order valence-corrected chi connectivity index (χ2v) is 1.96. The number of nitrogens with one attached hydrogen (secondary N) is 1. The minimum Gasteiger partial charge on any atom is -0.394 e. The molecule has 3 heteroatoms. The lowest BCUT2D eigenvalue weighted by Crippen LogP contribution is -2.24. The van der Waals surface area contributed by atoms with Crippen molar-refractivity contribution >= 4 is 0 Å². The van der Waals surface area contributed by atoms with Gasteiger partial charge in [0.05, 0.1) is 19.3 Å². The molecule has 0 heterocycles. The maximum absolute atomic E-state index is 8.34. The summed E-state index contributed by atoms with van der Waals surface area (Å²) in [6.07, 6.45) is 0.196. The molecule has 56 valence electrons. The largest absolute Gasteiger partial charge is 0.394 e. The summed E-state index contributed by atoms with van der Waals surface area (Å²) in [5, 5.41) is 11.3. The molecule has 0 amide bonds. The molecule has 0 rings (SSSR count). The van der Waals surface area contributed by atoms with Gasteiger partial charge in [0, 0.05) is 6.54 Å². The first kappa shape index (κ1) is 8.88. The Hall–Kier alpha value is -0.120. The zero-order valence-corrected chi connectivity index (χ0v) is 6.05. The van der Waals surface area contributed by atoms with Gasteiger partial charge in [0.1, 0.15) is 0 Å². The van der Waals surface area contributed by atoms with Crippen LogP contribution in [0.5, 0.6) is 0 Å². The van der Waals surface area contributed by atoms with Crippen LogP contribution in [-0.2, 0) is 4.74 Å². The van der Waals surface area contributed by atoms with E-state index in [2.05, 4.69) is 5.32 Å². The molecule has 9 heavy (non-hydrogen) atoms. The van der Waals surface area contributed by atoms with Gasteiger partial charge in [0.25, 0.3) is 0 Å². The summed E-state index contributed by atoms with van der Waals surface area (Å²) in [5.74, 6) is 0. The van der Waals surface area contributed by atoms with Gasteiger partial charge in [-0.05, 0) is 14.0 Å². The van der Waals surface area contributed by atoms with Crippen LogP contribution >= 0.6 is 0 Å². The van der Waals surface area contributed by atoms with Crippen LogP contribution in [0.25, 0.3) is 0 Å². The summed E-state index contributed by atoms with van der Waals surface area (Å²) in [6, 6.07) is 0. The van der Waals surface area contributed by atoms with Gasteiger partial charge in [-0.25, -0.2) is 0 Å². The molecule has 3 nitrogen and oxygen atoms in total. The van der Waals surface area contributed by atoms with Crippen molar-refractivity contribution in [3.05, 3.63) is 0 Å². The summed E-state index contributed by atoms with van der Waals surface area (Å²) in [4.78, 5) is 0. The molecule has 0 aromatic heterocycles. The fourth-order valence-electron chi connectivity index (χ4n) is 0.600. The molecule has 0 aliphatic carbocycles. The number of hydrogen-bond acceptors (Lipinski definition) is 3. The molecule has 0 bridgehead atoms. The van der Waals surface area contributed by atoms with Crippen molar-refractivity contribution < 1.29 is 9.84 Å². The van der Waals surface area contributed by atoms with Gasteiger partial charge in [-0.2, -0.15) is 0 Å². The van der Waals surface area contributed by atoms with E-state index in [4.69, 9.17) is 9.84 Å². The SMILES string of the molecule is CNCC(C)OCCO. The molecule has 0 aromatic carbocycles. The summed E-state index contributed by atoms with van der Waals surface area (Å²) < 4.78 is 5.12. The molecular formula is C6H15NO2. The summed E-state index contributed by atoms with van der Waals surface area (Å²) in [5.41, 5.74) is 0. The van der Waals surface area contributed by atoms with Gasteiger partial charge in [0.15, 0.2) is 0 Å². The maximum Gasteiger partial charge on any atom is 0.0701 e. The van der Waals surface area contributed by atoms with E-state index < -0.39 is 0 Å². The third kappa shape index (κ3) is 5.76. The number of aliphatic hydroxyl groups is 1. The molecule has 0 saturated carbocycles. The van der Waals surface area contributed by atoms with Crippen LogP contribution in [0.3, 0.4) is 0 Å². The normalized spacial score (nSPS) is 13.7. The van der Waals surface area contributed by atoms with Crippen LogP contribution in [0.1, 0.15) is 6.92 Å². The summed E-state index contributed by atoms with van der Waals surface area (Å²) >= 11 is 0. The van der Waals surface area contributed by atoms with Crippen molar-refractivity contribution in [2.75, 3.05) is 26.8 Å². The van der Waals surface area contributed by atoms with Crippen LogP contribution in [0, 0.1) is 0 Å². The highest BCUT2D eigenvalue weighted by Crippen LogP contribution is 1.85. The van der Waals surface area contributed by atoms with Crippen LogP contribution in [-0.4, -0.2) is 38.0 Å². The average Bonchev–Trinajstić information content (AvgIpc) is 1.85. The van der Waals surface area contributed by atoms with Crippen molar-refractivity contribution in [2.24, 2.45) is 0 Å². The minimum absolute atomic E-state index is 0.105. The van der Waals surface area contributed by atoms with E-state index in [1.54, 1.807) is 0 Å². The fraction of sp³-hybridized carbons (Fsp3) is 1.00. The lowest BCUT2D eigenvalue weighted by atomic mass is 10.4. The highest BCUT2D eigenvalue weighted by atomic mass is 16.5. The molecule has 1 atom stereocenters. The second kappa shape index (κ2) is 6.01. The average molecular weight is 133 g/mol. The highest BCUT2D eigenvalue weighted by Gasteiger charge is 1.96. The number of rotatable bonds is 5. The predicted molar refractivity (Wildman–Crippen MR) is 36.4 cm³/mol. The monoisotopic (exact) mass is 133 g/mol. The number of likely N-dealkylation sites (N-methyl/N-ethyl adjacent to an activating group) is 1. The topological polar surface area (TPSA) is 41.5 Å². The number of ether oxygens (including phenoxy) is 1. The molecule has 0 spiro atoms. The fourth-order valence-corrected chi connectivity index (χ4v) is 0.600. The van der Waals surface area contributed by atoms with Crippen LogP contribution in [0.15, 0.2) is 0 Å². The Bertz CT molecular complexity index is 59.0. The lowest BCUT2D eigenvalue weighted by Gasteiger charge is -2.10. The van der Waals surface area contributed by atoms with E-state index in [1.807, 2.05) is 14.0 Å². The number of aliphatic hydroxyl groups excluding tert-OH is 1. The maximum atomic E-state index is 8.34. The molecule has 0 aliphatic heterocycles. The minimum atomic E-state index is 0.105. The Morgan fingerprint density at radius 3 is 2.78 bits per heavy atom. The van der Waals surface area contributed by atoms with Crippen molar-refractivity contribution in [2.45, 2.75) is 13.0 Å². The van der Waals surface area contributed by atoms with Crippen LogP contribution in [0.2, 0.25) is 0 Å². The standard InChI is InChI=1S/C6H15NO2/c1-6(5-7-2)9-4-3-8/h6-8H,3-5H2,1-2H3. The van der Waals surface area contributed by atoms with E-state index in [-0.39, 0.29) is 12.7 Å². The predicted octanol–water partition coefficient (Wildman–Crippen LogP) is -0.397. The molecule has 1 unspecified atom stereocenters. The van der Waals surface area contributed by atoms with Gasteiger partial charge >= 0.3 is 0 Å². The van der Waals surface area contributed by atoms with Crippen molar-refractivity contribution in [1.29, 1.82) is 0 Å². The quantitative estimate of drug-likeness (QED) is 0.536. The van der Waals surface area contributed by atoms with Crippen molar-refractivity contribution in [1.82, 2.24) is 5.32 Å². The Morgan fingerprint density at radius 1 is 1.67 bits per heavy atom. The van der Waals surface area contributed by atoms with E-state index in [0.717, 1.165) is 6.54 Å². The smallest absolute Gasteiger partial charge is 0.0701 e.